The van der Waals surface area contributed by atoms with Crippen LogP contribution in [0.4, 0.5) is 11.4 Å². The smallest absolute Gasteiger partial charge is 0.259 e. The molecule has 3 aromatic carbocycles. The van der Waals surface area contributed by atoms with E-state index in [2.05, 4.69) is 5.32 Å². The van der Waals surface area contributed by atoms with Crippen LogP contribution in [-0.2, 0) is 4.79 Å². The molecule has 1 saturated heterocycles. The lowest BCUT2D eigenvalue weighted by molar-refractivity contribution is -0.117. The van der Waals surface area contributed by atoms with E-state index in [1.165, 1.54) is 0 Å². The van der Waals surface area contributed by atoms with Crippen molar-refractivity contribution in [1.29, 1.82) is 0 Å². The highest BCUT2D eigenvalue weighted by Crippen LogP contribution is 2.32. The summed E-state index contributed by atoms with van der Waals surface area (Å²) < 4.78 is 6.15. The van der Waals surface area contributed by atoms with E-state index >= 15 is 0 Å². The lowest BCUT2D eigenvalue weighted by atomic mass is 10.0. The van der Waals surface area contributed by atoms with E-state index in [0.717, 1.165) is 12.0 Å². The number of rotatable bonds is 4. The molecule has 0 atom stereocenters. The highest BCUT2D eigenvalue weighted by molar-refractivity contribution is 6.34. The summed E-state index contributed by atoms with van der Waals surface area (Å²) in [4.78, 5) is 40.2. The van der Waals surface area contributed by atoms with Crippen LogP contribution in [0.25, 0.3) is 22.3 Å². The number of fused-ring (bicyclic) bond motifs is 1. The van der Waals surface area contributed by atoms with Gasteiger partial charge >= 0.3 is 0 Å². The van der Waals surface area contributed by atoms with Crippen molar-refractivity contribution in [3.63, 3.8) is 0 Å². The molecular weight excluding hydrogens is 452 g/mol. The summed E-state index contributed by atoms with van der Waals surface area (Å²) in [5, 5.41) is 3.49. The van der Waals surface area contributed by atoms with E-state index in [9.17, 15) is 14.4 Å². The van der Waals surface area contributed by atoms with Crippen molar-refractivity contribution in [3.8, 4) is 11.3 Å². The molecule has 34 heavy (non-hydrogen) atoms. The van der Waals surface area contributed by atoms with E-state index in [4.69, 9.17) is 16.0 Å². The first-order chi connectivity index (χ1) is 16.4. The van der Waals surface area contributed by atoms with Gasteiger partial charge in [-0.1, -0.05) is 48.0 Å². The summed E-state index contributed by atoms with van der Waals surface area (Å²) >= 11 is 6.35. The van der Waals surface area contributed by atoms with Crippen molar-refractivity contribution in [2.75, 3.05) is 16.8 Å². The van der Waals surface area contributed by atoms with E-state index < -0.39 is 5.91 Å². The topological polar surface area (TPSA) is 79.6 Å². The van der Waals surface area contributed by atoms with Crippen molar-refractivity contribution in [1.82, 2.24) is 0 Å². The molecule has 1 fully saturated rings. The van der Waals surface area contributed by atoms with Gasteiger partial charge in [-0.05, 0) is 43.7 Å². The Morgan fingerprint density at radius 3 is 2.56 bits per heavy atom. The molecule has 1 aliphatic heterocycles. The van der Waals surface area contributed by atoms with Crippen molar-refractivity contribution >= 4 is 45.8 Å². The number of nitrogens with zero attached hydrogens (tertiary/aromatic N) is 1. The molecule has 6 nitrogen and oxygen atoms in total. The fourth-order valence-corrected chi connectivity index (χ4v) is 4.41. The standard InChI is InChI=1S/C27H21ClN2O4/c1-16-24(32)19-9-5-10-20(26(19)34-25(16)17-7-3-2-4-8-17)27(33)29-22-15-18(12-13-21(22)28)30-14-6-11-23(30)31/h2-5,7-10,12-13,15H,6,11,14H2,1H3,(H,29,33). The zero-order valence-electron chi connectivity index (χ0n) is 18.4. The van der Waals surface area contributed by atoms with Crippen LogP contribution in [0, 0.1) is 6.92 Å². The van der Waals surface area contributed by atoms with Gasteiger partial charge in [-0.2, -0.15) is 0 Å². The molecule has 2 amide bonds. The summed E-state index contributed by atoms with van der Waals surface area (Å²) in [7, 11) is 0. The van der Waals surface area contributed by atoms with Crippen LogP contribution in [-0.4, -0.2) is 18.4 Å². The van der Waals surface area contributed by atoms with Crippen molar-refractivity contribution in [2.45, 2.75) is 19.8 Å². The molecule has 0 saturated carbocycles. The fourth-order valence-electron chi connectivity index (χ4n) is 4.24. The lowest BCUT2D eigenvalue weighted by Gasteiger charge is -2.18. The average Bonchev–Trinajstić information content (AvgIpc) is 3.28. The number of hydrogen-bond acceptors (Lipinski definition) is 4. The number of benzene rings is 3. The summed E-state index contributed by atoms with van der Waals surface area (Å²) in [5.74, 6) is -0.00595. The summed E-state index contributed by atoms with van der Waals surface area (Å²) in [6.45, 7) is 2.34. The van der Waals surface area contributed by atoms with Gasteiger partial charge in [0.15, 0.2) is 11.0 Å². The van der Waals surface area contributed by atoms with Gasteiger partial charge in [0.1, 0.15) is 5.76 Å². The fraction of sp³-hybridized carbons (Fsp3) is 0.148. The molecule has 5 rings (SSSR count). The Balaban J connectivity index is 1.56. The van der Waals surface area contributed by atoms with Gasteiger partial charge in [0, 0.05) is 29.8 Å². The Morgan fingerprint density at radius 2 is 1.82 bits per heavy atom. The number of carbonyl (C=O) groups is 2. The normalized spacial score (nSPS) is 13.5. The molecule has 0 bridgehead atoms. The molecule has 2 heterocycles. The Labute approximate surface area is 200 Å². The second kappa shape index (κ2) is 8.80. The lowest BCUT2D eigenvalue weighted by Crippen LogP contribution is -2.24. The van der Waals surface area contributed by atoms with Gasteiger partial charge in [0.05, 0.1) is 21.7 Å². The minimum Gasteiger partial charge on any atom is -0.455 e. The largest absolute Gasteiger partial charge is 0.455 e. The first-order valence-electron chi connectivity index (χ1n) is 11.0. The SMILES string of the molecule is Cc1c(-c2ccccc2)oc2c(C(=O)Nc3cc(N4CCCC4=O)ccc3Cl)cccc2c1=O. The Kier molecular flexibility index (Phi) is 5.67. The number of para-hydroxylation sites is 1. The van der Waals surface area contributed by atoms with Crippen LogP contribution in [0.1, 0.15) is 28.8 Å². The molecule has 0 unspecified atom stereocenters. The van der Waals surface area contributed by atoms with Gasteiger partial charge in [-0.3, -0.25) is 14.4 Å². The van der Waals surface area contributed by atoms with E-state index in [1.807, 2.05) is 30.3 Å². The first-order valence-corrected chi connectivity index (χ1v) is 11.3. The zero-order valence-corrected chi connectivity index (χ0v) is 19.2. The van der Waals surface area contributed by atoms with Gasteiger partial charge in [-0.15, -0.1) is 0 Å². The highest BCUT2D eigenvalue weighted by atomic mass is 35.5. The summed E-state index contributed by atoms with van der Waals surface area (Å²) in [5.41, 5.74) is 2.50. The quantitative estimate of drug-likeness (QED) is 0.407. The Bertz CT molecular complexity index is 1490. The first kappa shape index (κ1) is 21.9. The van der Waals surface area contributed by atoms with Gasteiger partial charge in [0.25, 0.3) is 5.91 Å². The van der Waals surface area contributed by atoms with E-state index in [1.54, 1.807) is 48.2 Å². The molecular formula is C27H21ClN2O4. The van der Waals surface area contributed by atoms with Gasteiger partial charge in [-0.25, -0.2) is 0 Å². The van der Waals surface area contributed by atoms with Crippen LogP contribution < -0.4 is 15.6 Å². The molecule has 1 N–H and O–H groups in total. The van der Waals surface area contributed by atoms with Crippen LogP contribution in [0.3, 0.4) is 0 Å². The summed E-state index contributed by atoms with van der Waals surface area (Å²) in [6.07, 6.45) is 1.30. The predicted octanol–water partition coefficient (Wildman–Crippen LogP) is 5.80. The Hall–Kier alpha value is -3.90. The van der Waals surface area contributed by atoms with E-state index in [0.29, 0.717) is 46.1 Å². The minimum absolute atomic E-state index is 0.0410. The molecule has 170 valence electrons. The van der Waals surface area contributed by atoms with Crippen molar-refractivity contribution in [2.24, 2.45) is 0 Å². The minimum atomic E-state index is -0.469. The third-order valence-corrected chi connectivity index (χ3v) is 6.34. The molecule has 0 spiro atoms. The number of hydrogen-bond donors (Lipinski definition) is 1. The number of amides is 2. The number of halogens is 1. The third-order valence-electron chi connectivity index (χ3n) is 6.01. The monoisotopic (exact) mass is 472 g/mol. The summed E-state index contributed by atoms with van der Waals surface area (Å²) in [6, 6.07) is 19.3. The highest BCUT2D eigenvalue weighted by Gasteiger charge is 2.23. The second-order valence-corrected chi connectivity index (χ2v) is 8.61. The number of carbonyl (C=O) groups excluding carboxylic acids is 2. The van der Waals surface area contributed by atoms with Gasteiger partial charge < -0.3 is 14.6 Å². The molecule has 0 radical (unpaired) electrons. The number of nitrogens with one attached hydrogen (secondary N) is 1. The molecule has 1 aliphatic rings. The Morgan fingerprint density at radius 1 is 1.03 bits per heavy atom. The zero-order chi connectivity index (χ0) is 23.8. The van der Waals surface area contributed by atoms with Crippen LogP contribution in [0.5, 0.6) is 0 Å². The molecule has 7 heteroatoms. The maximum atomic E-state index is 13.3. The van der Waals surface area contributed by atoms with Crippen LogP contribution >= 0.6 is 11.6 Å². The maximum Gasteiger partial charge on any atom is 0.259 e. The van der Waals surface area contributed by atoms with Crippen LogP contribution in [0.2, 0.25) is 5.02 Å². The van der Waals surface area contributed by atoms with Crippen LogP contribution in [0.15, 0.2) is 75.9 Å². The molecule has 4 aromatic rings. The van der Waals surface area contributed by atoms with Crippen molar-refractivity contribution in [3.05, 3.63) is 93.1 Å². The molecule has 0 aliphatic carbocycles. The molecule has 1 aromatic heterocycles. The van der Waals surface area contributed by atoms with Gasteiger partial charge in [0.2, 0.25) is 5.91 Å². The van der Waals surface area contributed by atoms with Crippen molar-refractivity contribution < 1.29 is 14.0 Å². The third kappa shape index (κ3) is 3.86. The predicted molar refractivity (Wildman–Crippen MR) is 134 cm³/mol. The second-order valence-electron chi connectivity index (χ2n) is 8.20. The van der Waals surface area contributed by atoms with E-state index in [-0.39, 0.29) is 22.5 Å². The maximum absolute atomic E-state index is 13.3. The average molecular weight is 473 g/mol. The number of anilines is 2.